The molecule has 0 amide bonds. The highest BCUT2D eigenvalue weighted by atomic mass is 16.6. The predicted octanol–water partition coefficient (Wildman–Crippen LogP) is 0.804. The molecule has 1 heterocycles. The number of hydrogen-bond acceptors (Lipinski definition) is 10. The van der Waals surface area contributed by atoms with Crippen LogP contribution in [-0.4, -0.2) is 105 Å². The maximum absolute atomic E-state index is 12.8. The first kappa shape index (κ1) is 33.1. The van der Waals surface area contributed by atoms with Crippen LogP contribution in [0.25, 0.3) is 0 Å². The van der Waals surface area contributed by atoms with E-state index in [-0.39, 0.29) is 25.6 Å². The van der Waals surface area contributed by atoms with Crippen LogP contribution in [0.2, 0.25) is 0 Å². The molecule has 6 N–H and O–H groups in total. The fourth-order valence-electron chi connectivity index (χ4n) is 4.50. The first-order chi connectivity index (χ1) is 18.4. The van der Waals surface area contributed by atoms with Crippen LogP contribution in [0, 0.1) is 0 Å². The molecule has 0 spiro atoms. The van der Waals surface area contributed by atoms with Gasteiger partial charge in [-0.25, -0.2) is 0 Å². The zero-order valence-electron chi connectivity index (χ0n) is 23.1. The average molecular weight is 553 g/mol. The molecular formula is C29H44O10. The lowest BCUT2D eigenvalue weighted by Crippen LogP contribution is -2.48. The average Bonchev–Trinajstić information content (AvgIpc) is 3.16. The minimum absolute atomic E-state index is 0.0550. The molecular weight excluding hydrogens is 508 g/mol. The molecule has 0 unspecified atom stereocenters. The molecule has 1 saturated heterocycles. The Bertz CT molecular complexity index is 941. The van der Waals surface area contributed by atoms with E-state index in [4.69, 9.17) is 19.3 Å². The van der Waals surface area contributed by atoms with E-state index in [2.05, 4.69) is 0 Å². The van der Waals surface area contributed by atoms with Gasteiger partial charge in [-0.3, -0.25) is 4.79 Å². The van der Waals surface area contributed by atoms with E-state index in [1.54, 1.807) is 19.9 Å². The topological polar surface area (TPSA) is 166 Å². The highest BCUT2D eigenvalue weighted by Gasteiger charge is 2.44. The molecule has 10 heteroatoms. The van der Waals surface area contributed by atoms with E-state index in [0.29, 0.717) is 12.0 Å². The number of ether oxygens (including phenoxy) is 3. The summed E-state index contributed by atoms with van der Waals surface area (Å²) in [4.78, 5) is 12.8. The van der Waals surface area contributed by atoms with Gasteiger partial charge in [0.2, 0.25) is 0 Å². The number of rotatable bonds is 15. The van der Waals surface area contributed by atoms with E-state index in [1.165, 1.54) is 0 Å². The molecule has 2 rings (SSSR count). The maximum Gasteiger partial charge on any atom is 0.310 e. The van der Waals surface area contributed by atoms with Crippen molar-refractivity contribution in [3.8, 4) is 0 Å². The normalized spacial score (nSPS) is 25.4. The van der Waals surface area contributed by atoms with Crippen molar-refractivity contribution < 1.29 is 49.6 Å². The Balaban J connectivity index is 2.20. The van der Waals surface area contributed by atoms with Crippen molar-refractivity contribution in [1.82, 2.24) is 0 Å². The summed E-state index contributed by atoms with van der Waals surface area (Å²) in [7, 11) is 0. The van der Waals surface area contributed by atoms with E-state index in [9.17, 15) is 30.3 Å². The summed E-state index contributed by atoms with van der Waals surface area (Å²) in [6, 6.07) is 9.15. The second-order valence-corrected chi connectivity index (χ2v) is 10.6. The number of aliphatic hydroxyl groups excluding tert-OH is 5. The van der Waals surface area contributed by atoms with Gasteiger partial charge in [-0.15, -0.1) is 0 Å². The summed E-state index contributed by atoms with van der Waals surface area (Å²) in [5.74, 6) is -0.464. The largest absolute Gasteiger partial charge is 0.457 e. The summed E-state index contributed by atoms with van der Waals surface area (Å²) >= 11 is 0. The number of benzene rings is 1. The lowest BCUT2D eigenvalue weighted by Gasteiger charge is -2.29. The summed E-state index contributed by atoms with van der Waals surface area (Å²) in [5.41, 5.74) is 1.27. The van der Waals surface area contributed by atoms with E-state index in [1.807, 2.05) is 50.3 Å². The van der Waals surface area contributed by atoms with Crippen molar-refractivity contribution in [1.29, 1.82) is 0 Å². The highest BCUT2D eigenvalue weighted by molar-refractivity contribution is 5.73. The molecule has 0 aliphatic carbocycles. The third kappa shape index (κ3) is 10.4. The Morgan fingerprint density at radius 1 is 1.10 bits per heavy atom. The van der Waals surface area contributed by atoms with Crippen LogP contribution >= 0.6 is 0 Å². The van der Waals surface area contributed by atoms with Crippen LogP contribution in [0.15, 0.2) is 53.6 Å². The van der Waals surface area contributed by atoms with Crippen molar-refractivity contribution in [3.05, 3.63) is 59.2 Å². The van der Waals surface area contributed by atoms with Crippen LogP contribution < -0.4 is 0 Å². The second-order valence-electron chi connectivity index (χ2n) is 10.6. The summed E-state index contributed by atoms with van der Waals surface area (Å²) in [6.45, 7) is 5.64. The third-order valence-electron chi connectivity index (χ3n) is 6.75. The minimum atomic E-state index is -1.65. The van der Waals surface area contributed by atoms with Crippen molar-refractivity contribution in [2.24, 2.45) is 0 Å². The molecule has 1 aliphatic rings. The van der Waals surface area contributed by atoms with Crippen molar-refractivity contribution in [2.45, 2.75) is 95.3 Å². The number of allylic oxidation sites excluding steroid dienone is 1. The predicted molar refractivity (Wildman–Crippen MR) is 144 cm³/mol. The van der Waals surface area contributed by atoms with Crippen LogP contribution in [0.1, 0.15) is 46.1 Å². The van der Waals surface area contributed by atoms with E-state index >= 15 is 0 Å². The molecule has 0 saturated carbocycles. The van der Waals surface area contributed by atoms with Gasteiger partial charge < -0.3 is 44.8 Å². The van der Waals surface area contributed by atoms with Gasteiger partial charge in [-0.1, -0.05) is 48.1 Å². The van der Waals surface area contributed by atoms with Crippen molar-refractivity contribution in [3.63, 3.8) is 0 Å². The zero-order valence-corrected chi connectivity index (χ0v) is 23.1. The molecule has 1 fully saturated rings. The lowest BCUT2D eigenvalue weighted by atomic mass is 9.90. The van der Waals surface area contributed by atoms with E-state index in [0.717, 1.165) is 11.1 Å². The van der Waals surface area contributed by atoms with Crippen molar-refractivity contribution >= 4 is 5.97 Å². The lowest BCUT2D eigenvalue weighted by molar-refractivity contribution is -0.149. The van der Waals surface area contributed by atoms with Gasteiger partial charge in [-0.05, 0) is 38.8 Å². The number of carbonyl (C=O) groups is 1. The minimum Gasteiger partial charge on any atom is -0.457 e. The zero-order chi connectivity index (χ0) is 29.2. The SMILES string of the molecule is CC(C)=C[C@@H]1C[C@](C)(O)[C@@H](C[C@@H](OC(=O)Cc2ccccc2)/C(C)=C/CO[C@@H]([C@H](O)[C@H](O)CO)[C@H](O)CO)O1. The highest BCUT2D eigenvalue weighted by Crippen LogP contribution is 2.35. The molecule has 8 atom stereocenters. The fraction of sp³-hybridized carbons (Fsp3) is 0.621. The van der Waals surface area contributed by atoms with Crippen LogP contribution in [0.4, 0.5) is 0 Å². The second kappa shape index (κ2) is 15.6. The van der Waals surface area contributed by atoms with Gasteiger partial charge in [-0.2, -0.15) is 0 Å². The van der Waals surface area contributed by atoms with Crippen molar-refractivity contribution in [2.75, 3.05) is 19.8 Å². The van der Waals surface area contributed by atoms with Gasteiger partial charge in [0.05, 0.1) is 44.1 Å². The molecule has 220 valence electrons. The summed E-state index contributed by atoms with van der Waals surface area (Å²) in [6.07, 6.45) is -3.64. The van der Waals surface area contributed by atoms with Gasteiger partial charge in [0.15, 0.2) is 0 Å². The van der Waals surface area contributed by atoms with Gasteiger partial charge in [0.25, 0.3) is 0 Å². The molecule has 0 radical (unpaired) electrons. The molecule has 1 aromatic carbocycles. The Kier molecular flexibility index (Phi) is 13.2. The van der Waals surface area contributed by atoms with E-state index < -0.39 is 61.4 Å². The summed E-state index contributed by atoms with van der Waals surface area (Å²) < 4.78 is 17.5. The molecule has 1 aromatic rings. The van der Waals surface area contributed by atoms with Gasteiger partial charge in [0.1, 0.15) is 30.5 Å². The third-order valence-corrected chi connectivity index (χ3v) is 6.75. The fourth-order valence-corrected chi connectivity index (χ4v) is 4.50. The Morgan fingerprint density at radius 3 is 2.33 bits per heavy atom. The molecule has 1 aliphatic heterocycles. The monoisotopic (exact) mass is 552 g/mol. The number of hydrogen-bond donors (Lipinski definition) is 6. The quantitative estimate of drug-likeness (QED) is 0.135. The standard InChI is InChI=1S/C29H44O10/c1-18(2)12-21-15-29(4,36)25(38-21)14-24(39-26(34)13-20-8-6-5-7-9-20)19(3)10-11-37-28(23(33)17-31)27(35)22(32)16-30/h5-10,12,21-25,27-28,30-33,35-36H,11,13-17H2,1-4H3/b19-10+/t21-,22-,23-,24-,25-,27-,28-,29+/m1/s1. The van der Waals surface area contributed by atoms with Crippen LogP contribution in [-0.2, 0) is 25.4 Å². The number of carbonyl (C=O) groups excluding carboxylic acids is 1. The van der Waals surface area contributed by atoms with Crippen LogP contribution in [0.3, 0.4) is 0 Å². The Morgan fingerprint density at radius 2 is 1.74 bits per heavy atom. The van der Waals surface area contributed by atoms with Gasteiger partial charge >= 0.3 is 5.97 Å². The molecule has 10 nitrogen and oxygen atoms in total. The number of esters is 1. The van der Waals surface area contributed by atoms with Crippen LogP contribution in [0.5, 0.6) is 0 Å². The molecule has 39 heavy (non-hydrogen) atoms. The first-order valence-corrected chi connectivity index (χ1v) is 13.2. The first-order valence-electron chi connectivity index (χ1n) is 13.2. The van der Waals surface area contributed by atoms with Gasteiger partial charge in [0, 0.05) is 12.8 Å². The maximum atomic E-state index is 12.8. The molecule has 0 aromatic heterocycles. The smallest absolute Gasteiger partial charge is 0.310 e. The Labute approximate surface area is 230 Å². The summed E-state index contributed by atoms with van der Waals surface area (Å²) in [5, 5.41) is 59.5. The number of aliphatic hydroxyl groups is 6. The molecule has 0 bridgehead atoms. The Hall–Kier alpha value is -2.15.